The zero-order valence-electron chi connectivity index (χ0n) is 6.80. The second-order valence-corrected chi connectivity index (χ2v) is 2.81. The van der Waals surface area contributed by atoms with Crippen molar-refractivity contribution >= 4 is 28.5 Å². The van der Waals surface area contributed by atoms with Gasteiger partial charge in [0.15, 0.2) is 0 Å². The Hall–Kier alpha value is -1.43. The first-order valence-electron chi connectivity index (χ1n) is 3.47. The number of alkyl halides is 2. The first kappa shape index (κ1) is 10.6. The Kier molecular flexibility index (Phi) is 2.85. The maximum absolute atomic E-state index is 12.4. The highest BCUT2D eigenvalue weighted by molar-refractivity contribution is 6.68. The Bertz CT molecular complexity index is 383. The van der Waals surface area contributed by atoms with Gasteiger partial charge in [0.1, 0.15) is 11.6 Å². The molecule has 0 aliphatic carbocycles. The highest BCUT2D eigenvalue weighted by Gasteiger charge is 2.21. The summed E-state index contributed by atoms with van der Waals surface area (Å²) in [6, 6.07) is 0.965. The zero-order chi connectivity index (χ0) is 10.9. The molecule has 0 aliphatic heterocycles. The molecular weight excluding hydrogens is 216 g/mol. The fourth-order valence-electron chi connectivity index (χ4n) is 0.987. The van der Waals surface area contributed by atoms with Crippen LogP contribution in [0.2, 0.25) is 0 Å². The van der Waals surface area contributed by atoms with Crippen LogP contribution in [0.15, 0.2) is 6.07 Å². The summed E-state index contributed by atoms with van der Waals surface area (Å²) in [5, 5.41) is -1.04. The van der Waals surface area contributed by atoms with Gasteiger partial charge in [-0.2, -0.15) is 0 Å². The van der Waals surface area contributed by atoms with Gasteiger partial charge in [-0.1, -0.05) is 0 Å². The smallest absolute Gasteiger partial charge is 0.268 e. The van der Waals surface area contributed by atoms with E-state index in [1.165, 1.54) is 0 Å². The van der Waals surface area contributed by atoms with Crippen LogP contribution in [0, 0.1) is 0 Å². The Morgan fingerprint density at radius 2 is 2.07 bits per heavy atom. The predicted octanol–water partition coefficient (Wildman–Crippen LogP) is 1.56. The molecule has 1 aromatic rings. The Labute approximate surface area is 82.9 Å². The monoisotopic (exact) mass is 221 g/mol. The largest absolute Gasteiger partial charge is 0.384 e. The van der Waals surface area contributed by atoms with Gasteiger partial charge in [-0.3, -0.25) is 4.79 Å². The van der Waals surface area contributed by atoms with Gasteiger partial charge in [0.2, 0.25) is 0 Å². The minimum absolute atomic E-state index is 0.129. The molecule has 0 atom stereocenters. The number of nitrogen functional groups attached to an aromatic ring is 2. The molecule has 0 bridgehead atoms. The molecular formula is C7H6ClF2N3O. The summed E-state index contributed by atoms with van der Waals surface area (Å²) < 4.78 is 24.8. The summed E-state index contributed by atoms with van der Waals surface area (Å²) in [5.41, 5.74) is 9.31. The molecule has 1 aromatic heterocycles. The molecule has 0 fully saturated rings. The van der Waals surface area contributed by atoms with Crippen LogP contribution in [0.1, 0.15) is 22.3 Å². The average molecular weight is 222 g/mol. The molecule has 76 valence electrons. The van der Waals surface area contributed by atoms with Crippen LogP contribution in [0.4, 0.5) is 20.4 Å². The summed E-state index contributed by atoms with van der Waals surface area (Å²) in [7, 11) is 0. The number of carbonyl (C=O) groups is 1. The first-order chi connectivity index (χ1) is 6.43. The molecule has 7 heteroatoms. The van der Waals surface area contributed by atoms with E-state index in [-0.39, 0.29) is 5.82 Å². The molecule has 0 aromatic carbocycles. The highest BCUT2D eigenvalue weighted by Crippen LogP contribution is 2.29. The summed E-state index contributed by atoms with van der Waals surface area (Å²) in [5.74, 6) is -0.611. The second kappa shape index (κ2) is 3.75. The Morgan fingerprint density at radius 1 is 1.50 bits per heavy atom. The summed E-state index contributed by atoms with van der Waals surface area (Å²) in [4.78, 5) is 14.2. The lowest BCUT2D eigenvalue weighted by molar-refractivity contribution is 0.106. The molecule has 0 aliphatic rings. The molecule has 0 unspecified atom stereocenters. The van der Waals surface area contributed by atoms with Crippen molar-refractivity contribution in [2.45, 2.75) is 6.43 Å². The van der Waals surface area contributed by atoms with Crippen molar-refractivity contribution in [3.63, 3.8) is 0 Å². The predicted molar refractivity (Wildman–Crippen MR) is 48.2 cm³/mol. The van der Waals surface area contributed by atoms with E-state index in [0.29, 0.717) is 0 Å². The SMILES string of the molecule is Nc1cc(C(=O)Cl)c(C(F)F)c(N)n1. The third-order valence-corrected chi connectivity index (χ3v) is 1.74. The van der Waals surface area contributed by atoms with E-state index in [1.54, 1.807) is 0 Å². The molecule has 4 N–H and O–H groups in total. The van der Waals surface area contributed by atoms with E-state index in [1.807, 2.05) is 0 Å². The molecule has 4 nitrogen and oxygen atoms in total. The lowest BCUT2D eigenvalue weighted by atomic mass is 10.1. The van der Waals surface area contributed by atoms with Crippen molar-refractivity contribution in [3.05, 3.63) is 17.2 Å². The first-order valence-corrected chi connectivity index (χ1v) is 3.85. The quantitative estimate of drug-likeness (QED) is 0.743. The van der Waals surface area contributed by atoms with Gasteiger partial charge in [-0.25, -0.2) is 13.8 Å². The number of rotatable bonds is 2. The third-order valence-electron chi connectivity index (χ3n) is 1.54. The minimum atomic E-state index is -2.92. The number of nitrogens with zero attached hydrogens (tertiary/aromatic N) is 1. The maximum Gasteiger partial charge on any atom is 0.268 e. The Balaban J connectivity index is 3.44. The zero-order valence-corrected chi connectivity index (χ0v) is 7.55. The van der Waals surface area contributed by atoms with Crippen LogP contribution >= 0.6 is 11.6 Å². The lowest BCUT2D eigenvalue weighted by Crippen LogP contribution is -2.08. The molecule has 0 radical (unpaired) electrons. The van der Waals surface area contributed by atoms with E-state index >= 15 is 0 Å². The van der Waals surface area contributed by atoms with Crippen molar-refractivity contribution in [2.24, 2.45) is 0 Å². The van der Waals surface area contributed by atoms with Crippen molar-refractivity contribution in [2.75, 3.05) is 11.5 Å². The number of nitrogens with two attached hydrogens (primary N) is 2. The number of aromatic nitrogens is 1. The van der Waals surface area contributed by atoms with Gasteiger partial charge < -0.3 is 11.5 Å². The molecule has 0 spiro atoms. The van der Waals surface area contributed by atoms with Gasteiger partial charge in [0.25, 0.3) is 11.7 Å². The van der Waals surface area contributed by atoms with Crippen LogP contribution < -0.4 is 11.5 Å². The molecule has 0 saturated heterocycles. The van der Waals surface area contributed by atoms with Gasteiger partial charge in [-0.15, -0.1) is 0 Å². The fraction of sp³-hybridized carbons (Fsp3) is 0.143. The number of hydrogen-bond acceptors (Lipinski definition) is 4. The van der Waals surface area contributed by atoms with Crippen LogP contribution in [0.5, 0.6) is 0 Å². The van der Waals surface area contributed by atoms with E-state index in [2.05, 4.69) is 4.98 Å². The summed E-state index contributed by atoms with van der Waals surface area (Å²) in [6.45, 7) is 0. The fourth-order valence-corrected chi connectivity index (χ4v) is 1.14. The van der Waals surface area contributed by atoms with Gasteiger partial charge in [0, 0.05) is 0 Å². The topological polar surface area (TPSA) is 82.0 Å². The van der Waals surface area contributed by atoms with E-state index in [9.17, 15) is 13.6 Å². The minimum Gasteiger partial charge on any atom is -0.384 e. The number of hydrogen-bond donors (Lipinski definition) is 2. The number of pyridine rings is 1. The van der Waals surface area contributed by atoms with Crippen LogP contribution in [0.25, 0.3) is 0 Å². The number of carbonyl (C=O) groups excluding carboxylic acids is 1. The van der Waals surface area contributed by atoms with Crippen molar-refractivity contribution < 1.29 is 13.6 Å². The molecule has 0 amide bonds. The van der Waals surface area contributed by atoms with E-state index in [0.717, 1.165) is 6.07 Å². The molecule has 14 heavy (non-hydrogen) atoms. The van der Waals surface area contributed by atoms with E-state index < -0.39 is 28.6 Å². The normalized spacial score (nSPS) is 10.6. The van der Waals surface area contributed by atoms with Crippen molar-refractivity contribution in [1.29, 1.82) is 0 Å². The molecule has 1 heterocycles. The second-order valence-electron chi connectivity index (χ2n) is 2.47. The van der Waals surface area contributed by atoms with Crippen molar-refractivity contribution in [3.8, 4) is 0 Å². The van der Waals surface area contributed by atoms with Gasteiger partial charge >= 0.3 is 0 Å². The van der Waals surface area contributed by atoms with Crippen LogP contribution in [-0.2, 0) is 0 Å². The van der Waals surface area contributed by atoms with Crippen LogP contribution in [-0.4, -0.2) is 10.2 Å². The standard InChI is InChI=1S/C7H6ClF2N3O/c8-5(14)2-1-3(11)13-7(12)4(2)6(9)10/h1,6H,(H4,11,12,13). The summed E-state index contributed by atoms with van der Waals surface area (Å²) in [6.07, 6.45) is -2.92. The van der Waals surface area contributed by atoms with Gasteiger partial charge in [0.05, 0.1) is 11.1 Å². The molecule has 0 saturated carbocycles. The Morgan fingerprint density at radius 3 is 2.50 bits per heavy atom. The summed E-state index contributed by atoms with van der Waals surface area (Å²) >= 11 is 5.09. The van der Waals surface area contributed by atoms with Crippen molar-refractivity contribution in [1.82, 2.24) is 4.98 Å². The third kappa shape index (κ3) is 1.90. The van der Waals surface area contributed by atoms with E-state index in [4.69, 9.17) is 23.1 Å². The average Bonchev–Trinajstić information content (AvgIpc) is 2.01. The van der Waals surface area contributed by atoms with Gasteiger partial charge in [-0.05, 0) is 17.7 Å². The number of halogens is 3. The van der Waals surface area contributed by atoms with Crippen LogP contribution in [0.3, 0.4) is 0 Å². The maximum atomic E-state index is 12.4. The highest BCUT2D eigenvalue weighted by atomic mass is 35.5. The lowest BCUT2D eigenvalue weighted by Gasteiger charge is -2.08. The number of anilines is 2. The molecule has 1 rings (SSSR count).